The molecule has 3 aromatic carbocycles. The van der Waals surface area contributed by atoms with Gasteiger partial charge in [-0.25, -0.2) is 9.69 Å². The molecule has 1 N–H and O–H groups in total. The predicted molar refractivity (Wildman–Crippen MR) is 122 cm³/mol. The number of fused-ring (bicyclic) bond motifs is 1. The Morgan fingerprint density at radius 1 is 0.939 bits per heavy atom. The van der Waals surface area contributed by atoms with E-state index in [1.54, 1.807) is 49.4 Å². The van der Waals surface area contributed by atoms with Gasteiger partial charge in [0, 0.05) is 11.6 Å². The second-order valence-electron chi connectivity index (χ2n) is 7.47. The molecule has 0 bridgehead atoms. The average molecular weight is 463 g/mol. The highest BCUT2D eigenvalue weighted by atomic mass is 35.5. The predicted octanol–water partition coefficient (Wildman–Crippen LogP) is 3.92. The number of hydrogen-bond donors (Lipinski definition) is 1. The van der Waals surface area contributed by atoms with Crippen LogP contribution in [0.4, 0.5) is 5.69 Å². The van der Waals surface area contributed by atoms with Crippen molar-refractivity contribution < 1.29 is 23.9 Å². The van der Waals surface area contributed by atoms with E-state index < -0.39 is 30.3 Å². The Balaban J connectivity index is 1.40. The van der Waals surface area contributed by atoms with Gasteiger partial charge in [0.25, 0.3) is 17.7 Å². The molecule has 3 amide bonds. The van der Waals surface area contributed by atoms with Crippen molar-refractivity contribution in [3.63, 3.8) is 0 Å². The monoisotopic (exact) mass is 462 g/mol. The van der Waals surface area contributed by atoms with Gasteiger partial charge in [-0.3, -0.25) is 14.4 Å². The second-order valence-corrected chi connectivity index (χ2v) is 7.91. The fourth-order valence-corrected chi connectivity index (χ4v) is 3.60. The Morgan fingerprint density at radius 2 is 1.64 bits per heavy atom. The van der Waals surface area contributed by atoms with Crippen molar-refractivity contribution in [2.24, 2.45) is 0 Å². The third-order valence-corrected chi connectivity index (χ3v) is 5.47. The maximum absolute atomic E-state index is 12.9. The van der Waals surface area contributed by atoms with Crippen LogP contribution in [0, 0.1) is 6.92 Å². The summed E-state index contributed by atoms with van der Waals surface area (Å²) in [4.78, 5) is 51.3. The van der Waals surface area contributed by atoms with Crippen LogP contribution in [0.15, 0.2) is 66.7 Å². The van der Waals surface area contributed by atoms with Crippen molar-refractivity contribution >= 4 is 41.0 Å². The third-order valence-electron chi connectivity index (χ3n) is 5.22. The SMILES string of the molecule is Cc1ccccc1N1C(=O)c2ccc(C(=O)OCC(=O)NCc3ccc(Cl)cc3)cc2C1=O. The number of halogens is 1. The lowest BCUT2D eigenvalue weighted by molar-refractivity contribution is -0.124. The van der Waals surface area contributed by atoms with Crippen LogP contribution < -0.4 is 10.2 Å². The van der Waals surface area contributed by atoms with Crippen LogP contribution in [-0.2, 0) is 16.1 Å². The van der Waals surface area contributed by atoms with Gasteiger partial charge in [0.15, 0.2) is 6.61 Å². The minimum absolute atomic E-state index is 0.0760. The lowest BCUT2D eigenvalue weighted by Gasteiger charge is -2.16. The van der Waals surface area contributed by atoms with Crippen molar-refractivity contribution in [1.29, 1.82) is 0 Å². The molecule has 0 unspecified atom stereocenters. The van der Waals surface area contributed by atoms with Gasteiger partial charge in [-0.15, -0.1) is 0 Å². The molecule has 8 heteroatoms. The van der Waals surface area contributed by atoms with Crippen LogP contribution in [0.25, 0.3) is 0 Å². The number of carbonyl (C=O) groups excluding carboxylic acids is 4. The van der Waals surface area contributed by atoms with E-state index in [-0.39, 0.29) is 23.2 Å². The number of anilines is 1. The zero-order valence-electron chi connectivity index (χ0n) is 17.6. The number of nitrogens with zero attached hydrogens (tertiary/aromatic N) is 1. The molecule has 0 saturated heterocycles. The van der Waals surface area contributed by atoms with Crippen LogP contribution >= 0.6 is 11.6 Å². The summed E-state index contributed by atoms with van der Waals surface area (Å²) in [6.45, 7) is 1.59. The van der Waals surface area contributed by atoms with Crippen molar-refractivity contribution in [2.45, 2.75) is 13.5 Å². The number of benzene rings is 3. The number of nitrogens with one attached hydrogen (secondary N) is 1. The Hall–Kier alpha value is -3.97. The summed E-state index contributed by atoms with van der Waals surface area (Å²) >= 11 is 5.83. The minimum Gasteiger partial charge on any atom is -0.452 e. The summed E-state index contributed by atoms with van der Waals surface area (Å²) in [6.07, 6.45) is 0. The van der Waals surface area contributed by atoms with E-state index in [1.165, 1.54) is 18.2 Å². The van der Waals surface area contributed by atoms with Gasteiger partial charge in [-0.05, 0) is 54.4 Å². The van der Waals surface area contributed by atoms with Crippen LogP contribution in [0.2, 0.25) is 5.02 Å². The summed E-state index contributed by atoms with van der Waals surface area (Å²) in [7, 11) is 0. The summed E-state index contributed by atoms with van der Waals surface area (Å²) < 4.78 is 5.07. The molecule has 0 spiro atoms. The van der Waals surface area contributed by atoms with Gasteiger partial charge in [0.2, 0.25) is 0 Å². The highest BCUT2D eigenvalue weighted by Gasteiger charge is 2.37. The zero-order chi connectivity index (χ0) is 23.5. The molecule has 1 aliphatic heterocycles. The average Bonchev–Trinajstić information content (AvgIpc) is 3.07. The second kappa shape index (κ2) is 9.26. The van der Waals surface area contributed by atoms with Crippen molar-refractivity contribution in [1.82, 2.24) is 5.32 Å². The van der Waals surface area contributed by atoms with E-state index in [4.69, 9.17) is 16.3 Å². The van der Waals surface area contributed by atoms with Crippen LogP contribution in [0.3, 0.4) is 0 Å². The van der Waals surface area contributed by atoms with Crippen molar-refractivity contribution in [3.05, 3.63) is 99.6 Å². The highest BCUT2D eigenvalue weighted by Crippen LogP contribution is 2.31. The largest absolute Gasteiger partial charge is 0.452 e. The van der Waals surface area contributed by atoms with Gasteiger partial charge < -0.3 is 10.1 Å². The summed E-state index contributed by atoms with van der Waals surface area (Å²) in [5.74, 6) is -2.21. The van der Waals surface area contributed by atoms with E-state index in [0.29, 0.717) is 10.7 Å². The topological polar surface area (TPSA) is 92.8 Å². The minimum atomic E-state index is -0.769. The maximum atomic E-state index is 12.9. The van der Waals surface area contributed by atoms with Gasteiger partial charge >= 0.3 is 5.97 Å². The van der Waals surface area contributed by atoms with Gasteiger partial charge in [0.1, 0.15) is 0 Å². The first-order valence-corrected chi connectivity index (χ1v) is 10.5. The molecule has 0 radical (unpaired) electrons. The normalized spacial score (nSPS) is 12.5. The Labute approximate surface area is 194 Å². The first kappa shape index (κ1) is 22.2. The fourth-order valence-electron chi connectivity index (χ4n) is 3.47. The van der Waals surface area contributed by atoms with E-state index in [1.807, 2.05) is 6.07 Å². The molecule has 3 aromatic rings. The van der Waals surface area contributed by atoms with E-state index in [9.17, 15) is 19.2 Å². The third kappa shape index (κ3) is 4.63. The fraction of sp³-hybridized carbons (Fsp3) is 0.120. The number of esters is 1. The summed E-state index contributed by atoms with van der Waals surface area (Å²) in [5, 5.41) is 3.24. The summed E-state index contributed by atoms with van der Waals surface area (Å²) in [5.41, 5.74) is 2.51. The van der Waals surface area contributed by atoms with E-state index in [2.05, 4.69) is 5.32 Å². The summed E-state index contributed by atoms with van der Waals surface area (Å²) in [6, 6.07) is 18.2. The molecule has 33 heavy (non-hydrogen) atoms. The molecule has 4 rings (SSSR count). The van der Waals surface area contributed by atoms with Crippen molar-refractivity contribution in [3.8, 4) is 0 Å². The number of rotatable bonds is 6. The Kier molecular flexibility index (Phi) is 6.24. The first-order chi connectivity index (χ1) is 15.8. The number of hydrogen-bond acceptors (Lipinski definition) is 5. The Bertz CT molecular complexity index is 1270. The number of ether oxygens (including phenoxy) is 1. The lowest BCUT2D eigenvalue weighted by Crippen LogP contribution is -2.30. The van der Waals surface area contributed by atoms with Gasteiger partial charge in [-0.2, -0.15) is 0 Å². The van der Waals surface area contributed by atoms with Gasteiger partial charge in [-0.1, -0.05) is 41.9 Å². The number of carbonyl (C=O) groups is 4. The number of aryl methyl sites for hydroxylation is 1. The molecule has 0 aromatic heterocycles. The number of imide groups is 1. The molecular weight excluding hydrogens is 444 g/mol. The van der Waals surface area contributed by atoms with Crippen LogP contribution in [-0.4, -0.2) is 30.3 Å². The quantitative estimate of drug-likeness (QED) is 0.442. The van der Waals surface area contributed by atoms with E-state index in [0.717, 1.165) is 16.0 Å². The molecule has 1 heterocycles. The maximum Gasteiger partial charge on any atom is 0.338 e. The highest BCUT2D eigenvalue weighted by molar-refractivity contribution is 6.35. The Morgan fingerprint density at radius 3 is 2.36 bits per heavy atom. The van der Waals surface area contributed by atoms with Gasteiger partial charge in [0.05, 0.1) is 22.4 Å². The van der Waals surface area contributed by atoms with E-state index >= 15 is 0 Å². The van der Waals surface area contributed by atoms with Crippen LogP contribution in [0.1, 0.15) is 42.2 Å². The molecule has 1 aliphatic rings. The molecule has 166 valence electrons. The molecular formula is C25H19ClN2O5. The van der Waals surface area contributed by atoms with Crippen molar-refractivity contribution in [2.75, 3.05) is 11.5 Å². The zero-order valence-corrected chi connectivity index (χ0v) is 18.4. The molecule has 0 aliphatic carbocycles. The standard InChI is InChI=1S/C25H19ClN2O5/c1-15-4-2-3-5-21(15)28-23(30)19-11-8-17(12-20(19)24(28)31)25(32)33-14-22(29)27-13-16-6-9-18(26)10-7-16/h2-12H,13-14H2,1H3,(H,27,29). The molecule has 0 atom stereocenters. The van der Waals surface area contributed by atoms with Crippen LogP contribution in [0.5, 0.6) is 0 Å². The smallest absolute Gasteiger partial charge is 0.338 e. The number of amides is 3. The number of para-hydroxylation sites is 1. The molecule has 0 fully saturated rings. The lowest BCUT2D eigenvalue weighted by atomic mass is 10.1. The molecule has 0 saturated carbocycles. The first-order valence-electron chi connectivity index (χ1n) is 10.1. The molecule has 7 nitrogen and oxygen atoms in total.